The summed E-state index contributed by atoms with van der Waals surface area (Å²) < 4.78 is 4.48. The molecule has 0 fully saturated rings. The maximum Gasteiger partial charge on any atom is 0.411 e. The van der Waals surface area contributed by atoms with Crippen LogP contribution in [0.3, 0.4) is 0 Å². The van der Waals surface area contributed by atoms with E-state index in [0.29, 0.717) is 11.4 Å². The third kappa shape index (κ3) is 4.55. The largest absolute Gasteiger partial charge is 0.453 e. The fourth-order valence-corrected chi connectivity index (χ4v) is 1.54. The Balaban J connectivity index is 2.61. The minimum Gasteiger partial charge on any atom is -0.453 e. The van der Waals surface area contributed by atoms with Gasteiger partial charge in [-0.05, 0) is 30.2 Å². The Morgan fingerprint density at radius 1 is 1.20 bits per heavy atom. The lowest BCUT2D eigenvalue weighted by Gasteiger charge is -2.17. The molecule has 0 saturated carbocycles. The lowest BCUT2D eigenvalue weighted by molar-refractivity contribution is -0.118. The van der Waals surface area contributed by atoms with Crippen molar-refractivity contribution in [1.82, 2.24) is 0 Å². The fourth-order valence-electron chi connectivity index (χ4n) is 1.54. The van der Waals surface area contributed by atoms with E-state index in [4.69, 9.17) is 5.73 Å². The lowest BCUT2D eigenvalue weighted by Crippen LogP contribution is -2.40. The molecule has 0 saturated heterocycles. The Bertz CT molecular complexity index is 459. The lowest BCUT2D eigenvalue weighted by atomic mass is 9.99. The zero-order valence-corrected chi connectivity index (χ0v) is 12.0. The Hall–Kier alpha value is -2.08. The highest BCUT2D eigenvalue weighted by molar-refractivity contribution is 5.95. The van der Waals surface area contributed by atoms with Crippen LogP contribution in [0.2, 0.25) is 0 Å². The molecule has 2 amide bonds. The predicted molar refractivity (Wildman–Crippen MR) is 78.5 cm³/mol. The smallest absolute Gasteiger partial charge is 0.411 e. The van der Waals surface area contributed by atoms with E-state index >= 15 is 0 Å². The van der Waals surface area contributed by atoms with Crippen LogP contribution in [-0.4, -0.2) is 25.2 Å². The van der Waals surface area contributed by atoms with E-state index in [1.165, 1.54) is 7.11 Å². The minimum atomic E-state index is -0.541. The van der Waals surface area contributed by atoms with Gasteiger partial charge in [0.25, 0.3) is 0 Å². The van der Waals surface area contributed by atoms with Crippen LogP contribution in [0.5, 0.6) is 0 Å². The predicted octanol–water partition coefficient (Wildman–Crippen LogP) is 2.18. The molecule has 0 aliphatic heterocycles. The Kier molecular flexibility index (Phi) is 5.99. The van der Waals surface area contributed by atoms with Gasteiger partial charge in [-0.3, -0.25) is 10.1 Å². The summed E-state index contributed by atoms with van der Waals surface area (Å²) in [5, 5.41) is 5.27. The van der Waals surface area contributed by atoms with Gasteiger partial charge in [0.1, 0.15) is 0 Å². The van der Waals surface area contributed by atoms with Crippen molar-refractivity contribution in [2.45, 2.75) is 26.3 Å². The molecule has 1 rings (SSSR count). The third-order valence-corrected chi connectivity index (χ3v) is 3.14. The zero-order valence-electron chi connectivity index (χ0n) is 12.0. The summed E-state index contributed by atoms with van der Waals surface area (Å²) in [4.78, 5) is 22.9. The number of carbonyl (C=O) groups is 2. The first-order valence-corrected chi connectivity index (χ1v) is 6.49. The molecular formula is C14H21N3O3. The summed E-state index contributed by atoms with van der Waals surface area (Å²) >= 11 is 0. The third-order valence-electron chi connectivity index (χ3n) is 3.14. The average molecular weight is 279 g/mol. The molecule has 0 radical (unpaired) electrons. The standard InChI is InChI=1S/C14H21N3O3/c1-4-9(2)12(15)13(18)16-10-5-7-11(8-6-10)17-14(19)20-3/h5-9,12H,4,15H2,1-3H3,(H,16,18)(H,17,19)/t9?,12-/m0/s1. The highest BCUT2D eigenvalue weighted by Crippen LogP contribution is 2.15. The van der Waals surface area contributed by atoms with E-state index in [1.54, 1.807) is 24.3 Å². The van der Waals surface area contributed by atoms with Gasteiger partial charge in [-0.15, -0.1) is 0 Å². The maximum absolute atomic E-state index is 11.9. The van der Waals surface area contributed by atoms with Gasteiger partial charge in [0.15, 0.2) is 0 Å². The average Bonchev–Trinajstić information content (AvgIpc) is 2.47. The number of amides is 2. The number of nitrogens with two attached hydrogens (primary N) is 1. The van der Waals surface area contributed by atoms with Gasteiger partial charge in [-0.25, -0.2) is 4.79 Å². The number of hydrogen-bond donors (Lipinski definition) is 3. The zero-order chi connectivity index (χ0) is 15.1. The van der Waals surface area contributed by atoms with E-state index in [2.05, 4.69) is 15.4 Å². The van der Waals surface area contributed by atoms with Crippen molar-refractivity contribution < 1.29 is 14.3 Å². The molecule has 1 unspecified atom stereocenters. The molecule has 0 bridgehead atoms. The Morgan fingerprint density at radius 3 is 2.15 bits per heavy atom. The first kappa shape index (κ1) is 16.0. The van der Waals surface area contributed by atoms with Gasteiger partial charge < -0.3 is 15.8 Å². The van der Waals surface area contributed by atoms with E-state index in [9.17, 15) is 9.59 Å². The van der Waals surface area contributed by atoms with Gasteiger partial charge in [0.2, 0.25) is 5.91 Å². The molecule has 1 aromatic rings. The molecule has 0 aliphatic rings. The summed E-state index contributed by atoms with van der Waals surface area (Å²) in [5.74, 6) is -0.0942. The van der Waals surface area contributed by atoms with Crippen LogP contribution >= 0.6 is 0 Å². The van der Waals surface area contributed by atoms with Crippen molar-refractivity contribution in [2.75, 3.05) is 17.7 Å². The second-order valence-corrected chi connectivity index (χ2v) is 4.59. The van der Waals surface area contributed by atoms with Crippen molar-refractivity contribution in [2.24, 2.45) is 11.7 Å². The monoisotopic (exact) mass is 279 g/mol. The number of ether oxygens (including phenoxy) is 1. The number of benzene rings is 1. The number of carbonyl (C=O) groups excluding carboxylic acids is 2. The summed E-state index contributed by atoms with van der Waals surface area (Å²) in [6.45, 7) is 3.93. The molecular weight excluding hydrogens is 258 g/mol. The van der Waals surface area contributed by atoms with Crippen molar-refractivity contribution in [3.05, 3.63) is 24.3 Å². The van der Waals surface area contributed by atoms with Gasteiger partial charge >= 0.3 is 6.09 Å². The summed E-state index contributed by atoms with van der Waals surface area (Å²) in [6.07, 6.45) is 0.303. The summed E-state index contributed by atoms with van der Waals surface area (Å²) in [7, 11) is 1.29. The topological polar surface area (TPSA) is 93.5 Å². The van der Waals surface area contributed by atoms with Crippen molar-refractivity contribution in [3.8, 4) is 0 Å². The Morgan fingerprint density at radius 2 is 1.70 bits per heavy atom. The number of anilines is 2. The molecule has 0 aliphatic carbocycles. The van der Waals surface area contributed by atoms with E-state index in [1.807, 2.05) is 13.8 Å². The van der Waals surface area contributed by atoms with Crippen LogP contribution in [-0.2, 0) is 9.53 Å². The van der Waals surface area contributed by atoms with E-state index in [-0.39, 0.29) is 11.8 Å². The van der Waals surface area contributed by atoms with Gasteiger partial charge in [-0.2, -0.15) is 0 Å². The summed E-state index contributed by atoms with van der Waals surface area (Å²) in [5.41, 5.74) is 7.06. The number of methoxy groups -OCH3 is 1. The first-order valence-electron chi connectivity index (χ1n) is 6.49. The molecule has 6 heteroatoms. The number of rotatable bonds is 5. The first-order chi connectivity index (χ1) is 9.47. The van der Waals surface area contributed by atoms with Gasteiger partial charge in [-0.1, -0.05) is 20.3 Å². The van der Waals surface area contributed by atoms with Crippen LogP contribution in [0.1, 0.15) is 20.3 Å². The molecule has 2 atom stereocenters. The van der Waals surface area contributed by atoms with Crippen LogP contribution in [0.25, 0.3) is 0 Å². The maximum atomic E-state index is 11.9. The minimum absolute atomic E-state index is 0.121. The number of hydrogen-bond acceptors (Lipinski definition) is 4. The fraction of sp³-hybridized carbons (Fsp3) is 0.429. The highest BCUT2D eigenvalue weighted by atomic mass is 16.5. The van der Waals surface area contributed by atoms with Crippen LogP contribution < -0.4 is 16.4 Å². The van der Waals surface area contributed by atoms with Gasteiger partial charge in [0.05, 0.1) is 13.2 Å². The van der Waals surface area contributed by atoms with Crippen LogP contribution in [0.4, 0.5) is 16.2 Å². The second-order valence-electron chi connectivity index (χ2n) is 4.59. The van der Waals surface area contributed by atoms with E-state index in [0.717, 1.165) is 6.42 Å². The van der Waals surface area contributed by atoms with Crippen LogP contribution in [0, 0.1) is 5.92 Å². The molecule has 0 aromatic heterocycles. The van der Waals surface area contributed by atoms with Crippen molar-refractivity contribution >= 4 is 23.4 Å². The molecule has 1 aromatic carbocycles. The SMILES string of the molecule is CCC(C)[C@H](N)C(=O)Nc1ccc(NC(=O)OC)cc1. The molecule has 6 nitrogen and oxygen atoms in total. The quantitative estimate of drug-likeness (QED) is 0.770. The highest BCUT2D eigenvalue weighted by Gasteiger charge is 2.19. The number of nitrogens with one attached hydrogen (secondary N) is 2. The molecule has 4 N–H and O–H groups in total. The van der Waals surface area contributed by atoms with Crippen molar-refractivity contribution in [3.63, 3.8) is 0 Å². The van der Waals surface area contributed by atoms with Crippen LogP contribution in [0.15, 0.2) is 24.3 Å². The van der Waals surface area contributed by atoms with Gasteiger partial charge in [0, 0.05) is 11.4 Å². The van der Waals surface area contributed by atoms with E-state index < -0.39 is 12.1 Å². The Labute approximate surface area is 118 Å². The second kappa shape index (κ2) is 7.49. The van der Waals surface area contributed by atoms with Crippen molar-refractivity contribution in [1.29, 1.82) is 0 Å². The normalized spacial score (nSPS) is 13.2. The summed E-state index contributed by atoms with van der Waals surface area (Å²) in [6, 6.07) is 6.18. The molecule has 110 valence electrons. The molecule has 0 heterocycles. The molecule has 20 heavy (non-hydrogen) atoms. The molecule has 0 spiro atoms.